The minimum absolute atomic E-state index is 0.153. The van der Waals surface area contributed by atoms with Gasteiger partial charge < -0.3 is 5.73 Å². The van der Waals surface area contributed by atoms with E-state index in [-0.39, 0.29) is 6.04 Å². The lowest BCUT2D eigenvalue weighted by atomic mass is 10.0. The second-order valence-electron chi connectivity index (χ2n) is 4.91. The second-order valence-corrected chi connectivity index (χ2v) is 6.97. The highest BCUT2D eigenvalue weighted by molar-refractivity contribution is 9.10. The van der Waals surface area contributed by atoms with Crippen LogP contribution in [0.15, 0.2) is 28.7 Å². The molecule has 1 aromatic rings. The molecule has 1 fully saturated rings. The van der Waals surface area contributed by atoms with Crippen LogP contribution in [0.5, 0.6) is 0 Å². The standard InChI is InChI=1S/C14H21BrN2S/c1-11-10-18-9-8-17(11)7-6-14(16)12-2-4-13(15)5-3-12/h2-5,11,14H,6-10,16H2,1H3. The van der Waals surface area contributed by atoms with Gasteiger partial charge in [0.25, 0.3) is 0 Å². The van der Waals surface area contributed by atoms with Crippen molar-refractivity contribution in [3.63, 3.8) is 0 Å². The Bertz CT molecular complexity index is 369. The summed E-state index contributed by atoms with van der Waals surface area (Å²) >= 11 is 5.51. The molecule has 0 saturated carbocycles. The Morgan fingerprint density at radius 3 is 2.83 bits per heavy atom. The molecular formula is C14H21BrN2S. The van der Waals surface area contributed by atoms with Crippen molar-refractivity contribution < 1.29 is 0 Å². The van der Waals surface area contributed by atoms with Gasteiger partial charge in [-0.25, -0.2) is 0 Å². The Balaban J connectivity index is 1.83. The molecule has 1 aromatic carbocycles. The topological polar surface area (TPSA) is 29.3 Å². The molecule has 2 unspecified atom stereocenters. The fourth-order valence-electron chi connectivity index (χ4n) is 2.28. The fraction of sp³-hybridized carbons (Fsp3) is 0.571. The Morgan fingerprint density at radius 1 is 1.44 bits per heavy atom. The van der Waals surface area contributed by atoms with Gasteiger partial charge in [0, 0.05) is 41.2 Å². The first-order valence-electron chi connectivity index (χ1n) is 6.49. The van der Waals surface area contributed by atoms with Gasteiger partial charge >= 0.3 is 0 Å². The summed E-state index contributed by atoms with van der Waals surface area (Å²) in [4.78, 5) is 2.56. The third kappa shape index (κ3) is 3.98. The van der Waals surface area contributed by atoms with Gasteiger partial charge in [0.05, 0.1) is 0 Å². The molecule has 1 aliphatic rings. The van der Waals surface area contributed by atoms with Gasteiger partial charge in [0.1, 0.15) is 0 Å². The Labute approximate surface area is 122 Å². The molecule has 1 heterocycles. The summed E-state index contributed by atoms with van der Waals surface area (Å²) in [6.45, 7) is 4.63. The van der Waals surface area contributed by atoms with E-state index < -0.39 is 0 Å². The van der Waals surface area contributed by atoms with Crippen LogP contribution in [0.25, 0.3) is 0 Å². The highest BCUT2D eigenvalue weighted by Gasteiger charge is 2.19. The summed E-state index contributed by atoms with van der Waals surface area (Å²) in [5.41, 5.74) is 7.49. The molecule has 100 valence electrons. The van der Waals surface area contributed by atoms with Crippen LogP contribution in [0.2, 0.25) is 0 Å². The van der Waals surface area contributed by atoms with Gasteiger partial charge in [-0.1, -0.05) is 28.1 Å². The van der Waals surface area contributed by atoms with E-state index in [0.717, 1.165) is 17.4 Å². The molecule has 2 rings (SSSR count). The lowest BCUT2D eigenvalue weighted by Gasteiger charge is -2.33. The highest BCUT2D eigenvalue weighted by atomic mass is 79.9. The van der Waals surface area contributed by atoms with E-state index in [1.165, 1.54) is 23.6 Å². The van der Waals surface area contributed by atoms with Crippen molar-refractivity contribution in [2.45, 2.75) is 25.4 Å². The fourth-order valence-corrected chi connectivity index (χ4v) is 3.62. The maximum absolute atomic E-state index is 6.26. The number of nitrogens with two attached hydrogens (primary N) is 1. The largest absolute Gasteiger partial charge is 0.324 e. The first-order valence-corrected chi connectivity index (χ1v) is 8.44. The predicted molar refractivity (Wildman–Crippen MR) is 84.0 cm³/mol. The molecule has 0 aromatic heterocycles. The van der Waals surface area contributed by atoms with Crippen molar-refractivity contribution in [3.05, 3.63) is 34.3 Å². The molecule has 0 radical (unpaired) electrons. The quantitative estimate of drug-likeness (QED) is 0.919. The van der Waals surface area contributed by atoms with Crippen LogP contribution in [-0.2, 0) is 0 Å². The summed E-state index contributed by atoms with van der Waals surface area (Å²) in [5.74, 6) is 2.52. The summed E-state index contributed by atoms with van der Waals surface area (Å²) in [7, 11) is 0. The molecule has 2 N–H and O–H groups in total. The Hall–Kier alpha value is -0.0300. The third-order valence-corrected chi connectivity index (χ3v) is 5.25. The molecule has 1 aliphatic heterocycles. The maximum atomic E-state index is 6.26. The van der Waals surface area contributed by atoms with Gasteiger partial charge in [0.2, 0.25) is 0 Å². The van der Waals surface area contributed by atoms with Crippen LogP contribution in [0.1, 0.15) is 24.9 Å². The summed E-state index contributed by atoms with van der Waals surface area (Å²) in [6, 6.07) is 9.21. The number of rotatable bonds is 4. The first-order chi connectivity index (χ1) is 8.66. The van der Waals surface area contributed by atoms with Crippen LogP contribution in [0.4, 0.5) is 0 Å². The van der Waals surface area contributed by atoms with Crippen LogP contribution in [0, 0.1) is 0 Å². The molecule has 0 amide bonds. The highest BCUT2D eigenvalue weighted by Crippen LogP contribution is 2.20. The van der Waals surface area contributed by atoms with Gasteiger partial charge in [-0.05, 0) is 31.0 Å². The number of nitrogens with zero attached hydrogens (tertiary/aromatic N) is 1. The lowest BCUT2D eigenvalue weighted by molar-refractivity contribution is 0.224. The predicted octanol–water partition coefficient (Wildman–Crippen LogP) is 3.28. The maximum Gasteiger partial charge on any atom is 0.0307 e. The van der Waals surface area contributed by atoms with E-state index in [4.69, 9.17) is 5.73 Å². The van der Waals surface area contributed by atoms with Crippen molar-refractivity contribution in [3.8, 4) is 0 Å². The van der Waals surface area contributed by atoms with Crippen LogP contribution >= 0.6 is 27.7 Å². The van der Waals surface area contributed by atoms with Gasteiger partial charge in [-0.3, -0.25) is 4.90 Å². The zero-order valence-corrected chi connectivity index (χ0v) is 13.2. The number of thioether (sulfide) groups is 1. The molecule has 0 bridgehead atoms. The van der Waals surface area contributed by atoms with E-state index in [1.54, 1.807) is 0 Å². The monoisotopic (exact) mass is 328 g/mol. The van der Waals surface area contributed by atoms with Crippen molar-refractivity contribution >= 4 is 27.7 Å². The SMILES string of the molecule is CC1CSCCN1CCC(N)c1ccc(Br)cc1. The average molecular weight is 329 g/mol. The number of benzene rings is 1. The van der Waals surface area contributed by atoms with Crippen LogP contribution in [0.3, 0.4) is 0 Å². The normalized spacial score (nSPS) is 22.9. The molecule has 1 saturated heterocycles. The van der Waals surface area contributed by atoms with Crippen molar-refractivity contribution in [1.29, 1.82) is 0 Å². The molecule has 0 spiro atoms. The summed E-state index contributed by atoms with van der Waals surface area (Å²) in [6.07, 6.45) is 1.04. The van der Waals surface area contributed by atoms with E-state index >= 15 is 0 Å². The molecular weight excluding hydrogens is 308 g/mol. The molecule has 2 atom stereocenters. The lowest BCUT2D eigenvalue weighted by Crippen LogP contribution is -2.41. The molecule has 0 aliphatic carbocycles. The molecule has 4 heteroatoms. The Morgan fingerprint density at radius 2 is 2.17 bits per heavy atom. The zero-order valence-electron chi connectivity index (χ0n) is 10.8. The molecule has 2 nitrogen and oxygen atoms in total. The van der Waals surface area contributed by atoms with E-state index in [2.05, 4.69) is 63.8 Å². The average Bonchev–Trinajstić information content (AvgIpc) is 2.38. The van der Waals surface area contributed by atoms with Crippen molar-refractivity contribution in [1.82, 2.24) is 4.90 Å². The van der Waals surface area contributed by atoms with Crippen molar-refractivity contribution in [2.24, 2.45) is 5.73 Å². The Kier molecular flexibility index (Phi) is 5.55. The minimum Gasteiger partial charge on any atom is -0.324 e. The van der Waals surface area contributed by atoms with Crippen LogP contribution in [-0.4, -0.2) is 35.5 Å². The summed E-state index contributed by atoms with van der Waals surface area (Å²) < 4.78 is 1.11. The van der Waals surface area contributed by atoms with E-state index in [1.807, 2.05) is 0 Å². The van der Waals surface area contributed by atoms with Gasteiger partial charge in [-0.2, -0.15) is 11.8 Å². The third-order valence-electron chi connectivity index (χ3n) is 3.53. The first kappa shape index (κ1) is 14.4. The number of hydrogen-bond acceptors (Lipinski definition) is 3. The zero-order chi connectivity index (χ0) is 13.0. The smallest absolute Gasteiger partial charge is 0.0307 e. The van der Waals surface area contributed by atoms with Crippen LogP contribution < -0.4 is 5.73 Å². The van der Waals surface area contributed by atoms with Gasteiger partial charge in [-0.15, -0.1) is 0 Å². The number of halogens is 1. The van der Waals surface area contributed by atoms with Gasteiger partial charge in [0.15, 0.2) is 0 Å². The number of hydrogen-bond donors (Lipinski definition) is 1. The molecule has 18 heavy (non-hydrogen) atoms. The van der Waals surface area contributed by atoms with Crippen molar-refractivity contribution in [2.75, 3.05) is 24.6 Å². The second kappa shape index (κ2) is 6.94. The summed E-state index contributed by atoms with van der Waals surface area (Å²) in [5, 5.41) is 0. The van der Waals surface area contributed by atoms with E-state index in [0.29, 0.717) is 6.04 Å². The minimum atomic E-state index is 0.153. The van der Waals surface area contributed by atoms with E-state index in [9.17, 15) is 0 Å².